The maximum absolute atomic E-state index is 12.1. The number of anilines is 1. The summed E-state index contributed by atoms with van der Waals surface area (Å²) in [6.45, 7) is 3.66. The minimum absolute atomic E-state index is 0.141. The molecule has 1 N–H and O–H groups in total. The Balaban J connectivity index is 2.17. The number of rotatable bonds is 5. The topological polar surface area (TPSA) is 81.2 Å². The lowest BCUT2D eigenvalue weighted by Crippen LogP contribution is -2.14. The Hall–Kier alpha value is -2.28. The van der Waals surface area contributed by atoms with Crippen molar-refractivity contribution < 1.29 is 14.3 Å². The first-order valence-corrected chi connectivity index (χ1v) is 6.85. The normalized spacial score (nSPS) is 10.1. The maximum atomic E-state index is 12.1. The molecule has 0 aliphatic rings. The van der Waals surface area contributed by atoms with Crippen LogP contribution in [0.3, 0.4) is 0 Å². The highest BCUT2D eigenvalue weighted by molar-refractivity contribution is 7.14. The first kappa shape index (κ1) is 14.1. The van der Waals surface area contributed by atoms with E-state index >= 15 is 0 Å². The highest BCUT2D eigenvalue weighted by Gasteiger charge is 2.15. The highest BCUT2D eigenvalue weighted by atomic mass is 32.1. The van der Waals surface area contributed by atoms with E-state index in [2.05, 4.69) is 15.3 Å². The van der Waals surface area contributed by atoms with Crippen LogP contribution in [0, 0.1) is 0 Å². The molecule has 0 saturated carbocycles. The minimum Gasteiger partial charge on any atom is -0.477 e. The Morgan fingerprint density at radius 2 is 2.25 bits per heavy atom. The second-order valence-electron chi connectivity index (χ2n) is 3.84. The molecule has 2 rings (SSSR count). The van der Waals surface area contributed by atoms with Gasteiger partial charge in [0.05, 0.1) is 6.61 Å². The molecule has 2 aromatic rings. The molecule has 0 unspecified atom stereocenters. The predicted octanol–water partition coefficient (Wildman–Crippen LogP) is 2.39. The fourth-order valence-electron chi connectivity index (χ4n) is 1.47. The number of carbonyl (C=O) groups excluding carboxylic acids is 2. The van der Waals surface area contributed by atoms with E-state index in [9.17, 15) is 9.59 Å². The van der Waals surface area contributed by atoms with Gasteiger partial charge in [0.1, 0.15) is 11.3 Å². The lowest BCUT2D eigenvalue weighted by atomic mass is 10.2. The van der Waals surface area contributed by atoms with Gasteiger partial charge in [-0.3, -0.25) is 14.9 Å². The third kappa shape index (κ3) is 3.18. The minimum atomic E-state index is -0.369. The largest absolute Gasteiger partial charge is 0.477 e. The quantitative estimate of drug-likeness (QED) is 0.855. The molecule has 0 atom stereocenters. The van der Waals surface area contributed by atoms with E-state index in [0.29, 0.717) is 23.0 Å². The van der Waals surface area contributed by atoms with Crippen molar-refractivity contribution >= 4 is 28.2 Å². The van der Waals surface area contributed by atoms with Crippen molar-refractivity contribution in [3.63, 3.8) is 0 Å². The third-order valence-electron chi connectivity index (χ3n) is 2.38. The second-order valence-corrected chi connectivity index (χ2v) is 4.70. The summed E-state index contributed by atoms with van der Waals surface area (Å²) in [6, 6.07) is 3.27. The molecule has 0 spiro atoms. The SMILES string of the molecule is CCOc1ncccc1C(=O)Nc1nc(C(C)=O)cs1. The summed E-state index contributed by atoms with van der Waals surface area (Å²) in [7, 11) is 0. The van der Waals surface area contributed by atoms with Crippen LogP contribution in [0.1, 0.15) is 34.7 Å². The first-order chi connectivity index (χ1) is 9.61. The van der Waals surface area contributed by atoms with Crippen LogP contribution in [0.5, 0.6) is 5.88 Å². The maximum Gasteiger partial charge on any atom is 0.262 e. The smallest absolute Gasteiger partial charge is 0.262 e. The van der Waals surface area contributed by atoms with Gasteiger partial charge in [0.2, 0.25) is 5.88 Å². The van der Waals surface area contributed by atoms with Crippen LogP contribution in [0.2, 0.25) is 0 Å². The van der Waals surface area contributed by atoms with Crippen LogP contribution in [0.15, 0.2) is 23.7 Å². The van der Waals surface area contributed by atoms with Gasteiger partial charge in [0, 0.05) is 18.5 Å². The van der Waals surface area contributed by atoms with E-state index in [0.717, 1.165) is 0 Å². The molecular weight excluding hydrogens is 278 g/mol. The molecule has 0 fully saturated rings. The van der Waals surface area contributed by atoms with Crippen LogP contribution in [0.25, 0.3) is 0 Å². The van der Waals surface area contributed by atoms with Crippen LogP contribution < -0.4 is 10.1 Å². The van der Waals surface area contributed by atoms with Crippen LogP contribution in [-0.2, 0) is 0 Å². The van der Waals surface area contributed by atoms with Gasteiger partial charge >= 0.3 is 0 Å². The molecule has 6 nitrogen and oxygen atoms in total. The average molecular weight is 291 g/mol. The number of nitrogens with zero attached hydrogens (tertiary/aromatic N) is 2. The van der Waals surface area contributed by atoms with Crippen molar-refractivity contribution in [1.29, 1.82) is 0 Å². The molecule has 20 heavy (non-hydrogen) atoms. The van der Waals surface area contributed by atoms with Crippen molar-refractivity contribution in [3.8, 4) is 5.88 Å². The number of Topliss-reactive ketones (excluding diaryl/α,β-unsaturated/α-hetero) is 1. The molecule has 1 amide bonds. The predicted molar refractivity (Wildman–Crippen MR) is 75.5 cm³/mol. The zero-order valence-corrected chi connectivity index (χ0v) is 11.9. The van der Waals surface area contributed by atoms with Gasteiger partial charge in [-0.1, -0.05) is 0 Å². The number of hydrogen-bond donors (Lipinski definition) is 1. The van der Waals surface area contributed by atoms with Gasteiger partial charge in [-0.2, -0.15) is 0 Å². The highest BCUT2D eigenvalue weighted by Crippen LogP contribution is 2.19. The Bertz CT molecular complexity index is 639. The second kappa shape index (κ2) is 6.25. The molecule has 0 aliphatic carbocycles. The Labute approximate surface area is 119 Å². The van der Waals surface area contributed by atoms with E-state index in [4.69, 9.17) is 4.74 Å². The van der Waals surface area contributed by atoms with Crippen molar-refractivity contribution in [3.05, 3.63) is 35.0 Å². The van der Waals surface area contributed by atoms with Gasteiger partial charge < -0.3 is 4.74 Å². The number of hydrogen-bond acceptors (Lipinski definition) is 6. The van der Waals surface area contributed by atoms with E-state index in [1.165, 1.54) is 18.3 Å². The molecule has 0 saturated heterocycles. The number of pyridine rings is 1. The van der Waals surface area contributed by atoms with Gasteiger partial charge in [-0.25, -0.2) is 9.97 Å². The number of carbonyl (C=O) groups is 2. The number of ether oxygens (including phenoxy) is 1. The fourth-order valence-corrected chi connectivity index (χ4v) is 2.22. The summed E-state index contributed by atoms with van der Waals surface area (Å²) in [5.74, 6) is -0.236. The van der Waals surface area contributed by atoms with Gasteiger partial charge in [0.15, 0.2) is 10.9 Å². The number of nitrogens with one attached hydrogen (secondary N) is 1. The fraction of sp³-hybridized carbons (Fsp3) is 0.231. The van der Waals surface area contributed by atoms with Gasteiger partial charge in [0.25, 0.3) is 5.91 Å². The van der Waals surface area contributed by atoms with Crippen molar-refractivity contribution in [2.45, 2.75) is 13.8 Å². The summed E-state index contributed by atoms with van der Waals surface area (Å²) in [6.07, 6.45) is 1.55. The van der Waals surface area contributed by atoms with E-state index in [1.807, 2.05) is 6.92 Å². The zero-order chi connectivity index (χ0) is 14.5. The monoisotopic (exact) mass is 291 g/mol. The van der Waals surface area contributed by atoms with Gasteiger partial charge in [-0.05, 0) is 19.1 Å². The lowest BCUT2D eigenvalue weighted by molar-refractivity contribution is 0.100. The Morgan fingerprint density at radius 3 is 2.90 bits per heavy atom. The van der Waals surface area contributed by atoms with Crippen LogP contribution in [0.4, 0.5) is 5.13 Å². The van der Waals surface area contributed by atoms with Crippen LogP contribution in [-0.4, -0.2) is 28.3 Å². The summed E-state index contributed by atoms with van der Waals surface area (Å²) < 4.78 is 5.30. The Kier molecular flexibility index (Phi) is 4.41. The summed E-state index contributed by atoms with van der Waals surface area (Å²) in [4.78, 5) is 31.3. The van der Waals surface area contributed by atoms with Gasteiger partial charge in [-0.15, -0.1) is 11.3 Å². The number of ketones is 1. The van der Waals surface area contributed by atoms with Crippen molar-refractivity contribution in [1.82, 2.24) is 9.97 Å². The standard InChI is InChI=1S/C13H13N3O3S/c1-3-19-12-9(5-4-6-14-12)11(18)16-13-15-10(7-20-13)8(2)17/h4-7H,3H2,1-2H3,(H,15,16,18). The molecule has 104 valence electrons. The van der Waals surface area contributed by atoms with Crippen LogP contribution >= 0.6 is 11.3 Å². The summed E-state index contributed by atoms with van der Waals surface area (Å²) in [5.41, 5.74) is 0.662. The zero-order valence-electron chi connectivity index (χ0n) is 11.0. The molecule has 0 bridgehead atoms. The van der Waals surface area contributed by atoms with E-state index in [1.54, 1.807) is 23.7 Å². The average Bonchev–Trinajstić information content (AvgIpc) is 2.88. The Morgan fingerprint density at radius 1 is 1.45 bits per heavy atom. The van der Waals surface area contributed by atoms with E-state index in [-0.39, 0.29) is 17.6 Å². The number of aromatic nitrogens is 2. The molecule has 7 heteroatoms. The number of amides is 1. The summed E-state index contributed by atoms with van der Waals surface area (Å²) in [5, 5.41) is 4.60. The lowest BCUT2D eigenvalue weighted by Gasteiger charge is -2.07. The van der Waals surface area contributed by atoms with E-state index < -0.39 is 0 Å². The molecule has 2 heterocycles. The van der Waals surface area contributed by atoms with Crippen molar-refractivity contribution in [2.24, 2.45) is 0 Å². The third-order valence-corrected chi connectivity index (χ3v) is 3.14. The summed E-state index contributed by atoms with van der Waals surface area (Å²) >= 11 is 1.19. The molecule has 0 aliphatic heterocycles. The van der Waals surface area contributed by atoms with Crippen molar-refractivity contribution in [2.75, 3.05) is 11.9 Å². The number of thiazole rings is 1. The molecular formula is C13H13N3O3S. The molecule has 2 aromatic heterocycles. The first-order valence-electron chi connectivity index (χ1n) is 5.97. The molecule has 0 radical (unpaired) electrons. The molecule has 0 aromatic carbocycles.